The summed E-state index contributed by atoms with van der Waals surface area (Å²) in [6.45, 7) is 3.98. The van der Waals surface area contributed by atoms with Crippen LogP contribution in [0.1, 0.15) is 61.8 Å². The Morgan fingerprint density at radius 2 is 1.25 bits per heavy atom. The van der Waals surface area contributed by atoms with E-state index >= 15 is 0 Å². The highest BCUT2D eigenvalue weighted by atomic mass is 19.2. The van der Waals surface area contributed by atoms with E-state index in [0.29, 0.717) is 29.5 Å². The number of hydrogen-bond donors (Lipinski definition) is 0. The first-order valence-corrected chi connectivity index (χ1v) is 11.2. The van der Waals surface area contributed by atoms with Crippen LogP contribution < -0.4 is 0 Å². The summed E-state index contributed by atoms with van der Waals surface area (Å²) in [6, 6.07) is 13.3. The monoisotopic (exact) mass is 440 g/mol. The van der Waals surface area contributed by atoms with E-state index in [1.807, 2.05) is 6.92 Å². The average molecular weight is 441 g/mol. The van der Waals surface area contributed by atoms with Gasteiger partial charge in [-0.1, -0.05) is 93.8 Å². The summed E-state index contributed by atoms with van der Waals surface area (Å²) in [7, 11) is 0. The molecule has 0 saturated heterocycles. The Morgan fingerprint density at radius 1 is 0.594 bits per heavy atom. The molecule has 0 aliphatic rings. The van der Waals surface area contributed by atoms with Crippen LogP contribution in [0.25, 0.3) is 23.3 Å². The molecule has 0 heterocycles. The summed E-state index contributed by atoms with van der Waals surface area (Å²) >= 11 is 0. The number of halogens is 4. The molecule has 3 rings (SSSR count). The van der Waals surface area contributed by atoms with Crippen molar-refractivity contribution < 1.29 is 17.6 Å². The Kier molecular flexibility index (Phi) is 8.26. The molecule has 0 bridgehead atoms. The van der Waals surface area contributed by atoms with Crippen molar-refractivity contribution in [2.75, 3.05) is 0 Å². The molecular weight excluding hydrogens is 412 g/mol. The topological polar surface area (TPSA) is 0 Å². The van der Waals surface area contributed by atoms with Gasteiger partial charge in [0.25, 0.3) is 0 Å². The molecular formula is C28H28F4. The molecule has 0 fully saturated rings. The molecule has 0 N–H and O–H groups in total. The Balaban J connectivity index is 1.77. The van der Waals surface area contributed by atoms with Crippen LogP contribution in [0.5, 0.6) is 0 Å². The van der Waals surface area contributed by atoms with Gasteiger partial charge in [-0.25, -0.2) is 17.6 Å². The lowest BCUT2D eigenvalue weighted by Crippen LogP contribution is -1.97. The fourth-order valence-corrected chi connectivity index (χ4v) is 3.73. The highest BCUT2D eigenvalue weighted by Crippen LogP contribution is 2.28. The van der Waals surface area contributed by atoms with Gasteiger partial charge in [-0.2, -0.15) is 0 Å². The van der Waals surface area contributed by atoms with Crippen molar-refractivity contribution in [3.8, 4) is 11.1 Å². The third kappa shape index (κ3) is 5.48. The van der Waals surface area contributed by atoms with Crippen molar-refractivity contribution in [3.05, 3.63) is 94.1 Å². The van der Waals surface area contributed by atoms with E-state index < -0.39 is 23.3 Å². The van der Waals surface area contributed by atoms with Crippen LogP contribution in [-0.2, 0) is 12.8 Å². The van der Waals surface area contributed by atoms with Gasteiger partial charge in [0.05, 0.1) is 0 Å². The van der Waals surface area contributed by atoms with Crippen molar-refractivity contribution in [3.63, 3.8) is 0 Å². The molecule has 0 nitrogen and oxygen atoms in total. The minimum Gasteiger partial charge on any atom is -0.203 e. The molecule has 168 valence electrons. The van der Waals surface area contributed by atoms with E-state index in [9.17, 15) is 17.6 Å². The molecule has 3 aromatic carbocycles. The molecule has 0 spiro atoms. The van der Waals surface area contributed by atoms with Crippen LogP contribution in [0.3, 0.4) is 0 Å². The molecule has 0 aliphatic heterocycles. The molecule has 0 amide bonds. The van der Waals surface area contributed by atoms with Crippen LogP contribution in [0, 0.1) is 23.3 Å². The Morgan fingerprint density at radius 3 is 1.94 bits per heavy atom. The van der Waals surface area contributed by atoms with Gasteiger partial charge in [0, 0.05) is 11.1 Å². The first kappa shape index (κ1) is 23.8. The summed E-state index contributed by atoms with van der Waals surface area (Å²) in [6.07, 6.45) is 7.76. The van der Waals surface area contributed by atoms with Crippen LogP contribution in [0.15, 0.2) is 48.5 Å². The van der Waals surface area contributed by atoms with Crippen molar-refractivity contribution in [2.24, 2.45) is 0 Å². The standard InChI is InChI=1S/C28H28F4/c1-3-5-6-8-22-17-18-24(28(32)27(22)31)20-12-9-19(10-13-20)11-14-23-16-15-21(7-4-2)25(29)26(23)30/h9-18H,3-8H2,1-2H3. The molecule has 0 radical (unpaired) electrons. The fourth-order valence-electron chi connectivity index (χ4n) is 3.73. The number of hydrogen-bond acceptors (Lipinski definition) is 0. The second-order valence-electron chi connectivity index (χ2n) is 8.00. The van der Waals surface area contributed by atoms with Crippen molar-refractivity contribution >= 4 is 12.2 Å². The first-order valence-electron chi connectivity index (χ1n) is 11.2. The zero-order valence-corrected chi connectivity index (χ0v) is 18.5. The van der Waals surface area contributed by atoms with Gasteiger partial charge in [-0.15, -0.1) is 0 Å². The SMILES string of the molecule is CCCCCc1ccc(-c2ccc(C=Cc3ccc(CCC)c(F)c3F)cc2)c(F)c1F. The zero-order valence-electron chi connectivity index (χ0n) is 18.5. The van der Waals surface area contributed by atoms with Crippen molar-refractivity contribution in [2.45, 2.75) is 52.4 Å². The first-order chi connectivity index (χ1) is 15.5. The minimum absolute atomic E-state index is 0.165. The van der Waals surface area contributed by atoms with E-state index in [2.05, 4.69) is 6.92 Å². The van der Waals surface area contributed by atoms with Gasteiger partial charge in [-0.05, 0) is 41.5 Å². The summed E-state index contributed by atoms with van der Waals surface area (Å²) in [4.78, 5) is 0. The number of rotatable bonds is 9. The summed E-state index contributed by atoms with van der Waals surface area (Å²) in [5, 5.41) is 0. The Hall–Kier alpha value is -2.88. The van der Waals surface area contributed by atoms with Crippen LogP contribution in [-0.4, -0.2) is 0 Å². The molecule has 4 heteroatoms. The normalized spacial score (nSPS) is 11.4. The van der Waals surface area contributed by atoms with Gasteiger partial charge < -0.3 is 0 Å². The molecule has 32 heavy (non-hydrogen) atoms. The predicted octanol–water partition coefficient (Wildman–Crippen LogP) is 8.77. The maximum Gasteiger partial charge on any atom is 0.166 e. The van der Waals surface area contributed by atoms with Gasteiger partial charge >= 0.3 is 0 Å². The second-order valence-corrected chi connectivity index (χ2v) is 8.00. The van der Waals surface area contributed by atoms with E-state index in [4.69, 9.17) is 0 Å². The zero-order chi connectivity index (χ0) is 23.1. The van der Waals surface area contributed by atoms with E-state index in [-0.39, 0.29) is 11.1 Å². The van der Waals surface area contributed by atoms with Gasteiger partial charge in [-0.3, -0.25) is 0 Å². The maximum absolute atomic E-state index is 14.6. The Labute approximate surface area is 187 Å². The second kappa shape index (κ2) is 11.1. The highest BCUT2D eigenvalue weighted by Gasteiger charge is 2.15. The number of aryl methyl sites for hydroxylation is 2. The van der Waals surface area contributed by atoms with Gasteiger partial charge in [0.15, 0.2) is 23.3 Å². The van der Waals surface area contributed by atoms with Crippen LogP contribution >= 0.6 is 0 Å². The lowest BCUT2D eigenvalue weighted by molar-refractivity contribution is 0.496. The third-order valence-corrected chi connectivity index (χ3v) is 5.60. The molecule has 0 unspecified atom stereocenters. The maximum atomic E-state index is 14.6. The average Bonchev–Trinajstić information content (AvgIpc) is 2.80. The van der Waals surface area contributed by atoms with Crippen molar-refractivity contribution in [1.29, 1.82) is 0 Å². The van der Waals surface area contributed by atoms with E-state index in [1.54, 1.807) is 54.6 Å². The molecule has 3 aromatic rings. The largest absolute Gasteiger partial charge is 0.203 e. The quantitative estimate of drug-likeness (QED) is 0.177. The molecule has 0 aromatic heterocycles. The van der Waals surface area contributed by atoms with E-state index in [1.165, 1.54) is 6.08 Å². The van der Waals surface area contributed by atoms with Crippen LogP contribution in [0.4, 0.5) is 17.6 Å². The fraction of sp³-hybridized carbons (Fsp3) is 0.286. The lowest BCUT2D eigenvalue weighted by Gasteiger charge is -2.09. The molecule has 0 aliphatic carbocycles. The minimum atomic E-state index is -0.861. The van der Waals surface area contributed by atoms with Crippen molar-refractivity contribution in [1.82, 2.24) is 0 Å². The van der Waals surface area contributed by atoms with E-state index in [0.717, 1.165) is 31.2 Å². The van der Waals surface area contributed by atoms with Gasteiger partial charge in [0.1, 0.15) is 0 Å². The van der Waals surface area contributed by atoms with Gasteiger partial charge in [0.2, 0.25) is 0 Å². The lowest BCUT2D eigenvalue weighted by atomic mass is 9.98. The third-order valence-electron chi connectivity index (χ3n) is 5.60. The summed E-state index contributed by atoms with van der Waals surface area (Å²) < 4.78 is 57.5. The molecule has 0 atom stereocenters. The predicted molar refractivity (Wildman–Crippen MR) is 124 cm³/mol. The molecule has 0 saturated carbocycles. The number of unbranched alkanes of at least 4 members (excludes halogenated alkanes) is 2. The summed E-state index contributed by atoms with van der Waals surface area (Å²) in [5.74, 6) is -3.29. The van der Waals surface area contributed by atoms with Crippen LogP contribution in [0.2, 0.25) is 0 Å². The number of benzene rings is 3. The highest BCUT2D eigenvalue weighted by molar-refractivity contribution is 5.72. The Bertz CT molecular complexity index is 1080. The smallest absolute Gasteiger partial charge is 0.166 e. The summed E-state index contributed by atoms with van der Waals surface area (Å²) in [5.41, 5.74) is 2.44.